The van der Waals surface area contributed by atoms with E-state index >= 15 is 0 Å². The fourth-order valence-corrected chi connectivity index (χ4v) is 1.70. The molecule has 0 aromatic carbocycles. The van der Waals surface area contributed by atoms with Crippen LogP contribution < -0.4 is 0 Å². The SMILES string of the molecule is O=C(N1CC(Cn2cccn2)C1)C(F)(F)F. The van der Waals surface area contributed by atoms with Gasteiger partial charge in [0.1, 0.15) is 0 Å². The molecule has 0 N–H and O–H groups in total. The summed E-state index contributed by atoms with van der Waals surface area (Å²) in [5.41, 5.74) is 0. The smallest absolute Gasteiger partial charge is 0.334 e. The van der Waals surface area contributed by atoms with Crippen LogP contribution in [0.1, 0.15) is 0 Å². The van der Waals surface area contributed by atoms with E-state index < -0.39 is 12.1 Å². The van der Waals surface area contributed by atoms with Crippen molar-refractivity contribution in [3.8, 4) is 0 Å². The van der Waals surface area contributed by atoms with E-state index in [9.17, 15) is 18.0 Å². The molecule has 1 aromatic rings. The van der Waals surface area contributed by atoms with Gasteiger partial charge in [-0.25, -0.2) is 0 Å². The first-order valence-corrected chi connectivity index (χ1v) is 4.80. The number of amides is 1. The van der Waals surface area contributed by atoms with Crippen molar-refractivity contribution in [3.05, 3.63) is 18.5 Å². The number of carbonyl (C=O) groups excluding carboxylic acids is 1. The Morgan fingerprint density at radius 3 is 2.62 bits per heavy atom. The fraction of sp³-hybridized carbons (Fsp3) is 0.556. The van der Waals surface area contributed by atoms with Crippen molar-refractivity contribution < 1.29 is 18.0 Å². The monoisotopic (exact) mass is 233 g/mol. The van der Waals surface area contributed by atoms with Gasteiger partial charge >= 0.3 is 12.1 Å². The molecule has 1 aliphatic rings. The lowest BCUT2D eigenvalue weighted by Gasteiger charge is -2.39. The Balaban J connectivity index is 1.80. The summed E-state index contributed by atoms with van der Waals surface area (Å²) in [6.45, 7) is 0.852. The van der Waals surface area contributed by atoms with Crippen LogP contribution in [0.5, 0.6) is 0 Å². The van der Waals surface area contributed by atoms with Crippen molar-refractivity contribution in [2.75, 3.05) is 13.1 Å². The first-order valence-electron chi connectivity index (χ1n) is 4.80. The molecule has 4 nitrogen and oxygen atoms in total. The molecule has 0 bridgehead atoms. The number of hydrogen-bond acceptors (Lipinski definition) is 2. The molecule has 88 valence electrons. The van der Waals surface area contributed by atoms with E-state index in [1.807, 2.05) is 0 Å². The fourth-order valence-electron chi connectivity index (χ4n) is 1.70. The maximum atomic E-state index is 12.0. The number of alkyl halides is 3. The number of rotatable bonds is 2. The van der Waals surface area contributed by atoms with Gasteiger partial charge in [0.25, 0.3) is 0 Å². The lowest BCUT2D eigenvalue weighted by molar-refractivity contribution is -0.191. The van der Waals surface area contributed by atoms with Gasteiger partial charge in [0.05, 0.1) is 0 Å². The maximum Gasteiger partial charge on any atom is 0.471 e. The lowest BCUT2D eigenvalue weighted by atomic mass is 10.0. The van der Waals surface area contributed by atoms with Crippen LogP contribution in [0.4, 0.5) is 13.2 Å². The standard InChI is InChI=1S/C9H10F3N3O/c10-9(11,12)8(16)14-4-7(5-14)6-15-3-1-2-13-15/h1-3,7H,4-6H2. The van der Waals surface area contributed by atoms with Crippen molar-refractivity contribution in [1.82, 2.24) is 14.7 Å². The van der Waals surface area contributed by atoms with Gasteiger partial charge in [0.15, 0.2) is 0 Å². The Labute approximate surface area is 89.6 Å². The highest BCUT2D eigenvalue weighted by molar-refractivity contribution is 5.82. The summed E-state index contributed by atoms with van der Waals surface area (Å²) in [6, 6.07) is 1.75. The van der Waals surface area contributed by atoms with Gasteiger partial charge in [-0.15, -0.1) is 0 Å². The van der Waals surface area contributed by atoms with E-state index in [4.69, 9.17) is 0 Å². The average Bonchev–Trinajstić information content (AvgIpc) is 2.60. The Hall–Kier alpha value is -1.53. The van der Waals surface area contributed by atoms with Crippen LogP contribution in [0.15, 0.2) is 18.5 Å². The molecule has 7 heteroatoms. The summed E-state index contributed by atoms with van der Waals surface area (Å²) in [4.78, 5) is 11.6. The summed E-state index contributed by atoms with van der Waals surface area (Å²) in [6.07, 6.45) is -1.40. The van der Waals surface area contributed by atoms with Crippen molar-refractivity contribution >= 4 is 5.91 Å². The van der Waals surface area contributed by atoms with Gasteiger partial charge < -0.3 is 4.90 Å². The van der Waals surface area contributed by atoms with Crippen molar-refractivity contribution in [2.45, 2.75) is 12.7 Å². The van der Waals surface area contributed by atoms with Gasteiger partial charge in [0.2, 0.25) is 0 Å². The molecule has 0 radical (unpaired) electrons. The molecule has 1 amide bonds. The van der Waals surface area contributed by atoms with Crippen LogP contribution >= 0.6 is 0 Å². The van der Waals surface area contributed by atoms with Gasteiger partial charge in [0, 0.05) is 37.9 Å². The highest BCUT2D eigenvalue weighted by Crippen LogP contribution is 2.25. The topological polar surface area (TPSA) is 38.1 Å². The molecular formula is C9H10F3N3O. The third-order valence-electron chi connectivity index (χ3n) is 2.49. The first-order chi connectivity index (χ1) is 7.47. The molecule has 0 atom stereocenters. The highest BCUT2D eigenvalue weighted by Gasteiger charge is 2.46. The van der Waals surface area contributed by atoms with Crippen LogP contribution in [-0.4, -0.2) is 39.9 Å². The third-order valence-corrected chi connectivity index (χ3v) is 2.49. The number of carbonyl (C=O) groups is 1. The molecule has 0 spiro atoms. The molecule has 1 aliphatic heterocycles. The number of nitrogens with zero attached hydrogens (tertiary/aromatic N) is 3. The second kappa shape index (κ2) is 3.80. The zero-order chi connectivity index (χ0) is 11.8. The minimum Gasteiger partial charge on any atom is -0.334 e. The van der Waals surface area contributed by atoms with E-state index in [0.717, 1.165) is 4.90 Å². The second-order valence-electron chi connectivity index (χ2n) is 3.80. The summed E-state index contributed by atoms with van der Waals surface area (Å²) in [5, 5.41) is 3.95. The van der Waals surface area contributed by atoms with E-state index in [2.05, 4.69) is 5.10 Å². The summed E-state index contributed by atoms with van der Waals surface area (Å²) >= 11 is 0. The average molecular weight is 233 g/mol. The molecule has 2 rings (SSSR count). The molecule has 1 saturated heterocycles. The molecule has 2 heterocycles. The summed E-state index contributed by atoms with van der Waals surface area (Å²) in [5.74, 6) is -1.68. The van der Waals surface area contributed by atoms with Gasteiger partial charge in [-0.2, -0.15) is 18.3 Å². The predicted octanol–water partition coefficient (Wildman–Crippen LogP) is 0.904. The molecule has 1 aromatic heterocycles. The van der Waals surface area contributed by atoms with E-state index in [1.165, 1.54) is 0 Å². The molecule has 1 fully saturated rings. The summed E-state index contributed by atoms with van der Waals surface area (Å²) in [7, 11) is 0. The Bertz CT molecular complexity index is 368. The first kappa shape index (κ1) is 11.0. The van der Waals surface area contributed by atoms with Crippen LogP contribution in [0, 0.1) is 5.92 Å². The number of likely N-dealkylation sites (tertiary alicyclic amines) is 1. The van der Waals surface area contributed by atoms with E-state index in [1.54, 1.807) is 23.1 Å². The van der Waals surface area contributed by atoms with Crippen LogP contribution in [0.3, 0.4) is 0 Å². The predicted molar refractivity (Wildman–Crippen MR) is 48.4 cm³/mol. The van der Waals surface area contributed by atoms with Crippen LogP contribution in [-0.2, 0) is 11.3 Å². The Morgan fingerprint density at radius 2 is 2.12 bits per heavy atom. The zero-order valence-electron chi connectivity index (χ0n) is 8.31. The minimum atomic E-state index is -4.75. The van der Waals surface area contributed by atoms with Crippen molar-refractivity contribution in [1.29, 1.82) is 0 Å². The zero-order valence-corrected chi connectivity index (χ0v) is 8.31. The molecular weight excluding hydrogens is 223 g/mol. The van der Waals surface area contributed by atoms with Gasteiger partial charge in [-0.3, -0.25) is 9.48 Å². The van der Waals surface area contributed by atoms with E-state index in [-0.39, 0.29) is 19.0 Å². The second-order valence-corrected chi connectivity index (χ2v) is 3.80. The normalized spacial score (nSPS) is 17.3. The number of halogens is 3. The number of aromatic nitrogens is 2. The summed E-state index contributed by atoms with van der Waals surface area (Å²) < 4.78 is 37.7. The Kier molecular flexibility index (Phi) is 2.61. The van der Waals surface area contributed by atoms with Crippen LogP contribution in [0.25, 0.3) is 0 Å². The lowest BCUT2D eigenvalue weighted by Crippen LogP contribution is -2.55. The quantitative estimate of drug-likeness (QED) is 0.761. The molecule has 16 heavy (non-hydrogen) atoms. The van der Waals surface area contributed by atoms with Gasteiger partial charge in [-0.1, -0.05) is 0 Å². The van der Waals surface area contributed by atoms with Crippen molar-refractivity contribution in [2.24, 2.45) is 5.92 Å². The largest absolute Gasteiger partial charge is 0.471 e. The molecule has 0 aliphatic carbocycles. The Morgan fingerprint density at radius 1 is 1.44 bits per heavy atom. The van der Waals surface area contributed by atoms with Crippen LogP contribution in [0.2, 0.25) is 0 Å². The van der Waals surface area contributed by atoms with Crippen molar-refractivity contribution in [3.63, 3.8) is 0 Å². The number of hydrogen-bond donors (Lipinski definition) is 0. The van der Waals surface area contributed by atoms with Gasteiger partial charge in [-0.05, 0) is 6.07 Å². The minimum absolute atomic E-state index is 0.0613. The molecule has 0 unspecified atom stereocenters. The third kappa shape index (κ3) is 2.17. The van der Waals surface area contributed by atoms with E-state index in [0.29, 0.717) is 6.54 Å². The highest BCUT2D eigenvalue weighted by atomic mass is 19.4. The molecule has 0 saturated carbocycles. The maximum absolute atomic E-state index is 12.0.